The summed E-state index contributed by atoms with van der Waals surface area (Å²) >= 11 is 0. The van der Waals surface area contributed by atoms with E-state index in [1.54, 1.807) is 0 Å². The predicted octanol–water partition coefficient (Wildman–Crippen LogP) is 6.83. The molecule has 2 N–H and O–H groups in total. The molecule has 0 heterocycles. The molecule has 4 heteroatoms. The summed E-state index contributed by atoms with van der Waals surface area (Å²) in [6.45, 7) is 8.31. The molecule has 0 unspecified atom stereocenters. The number of Topliss-reactive ketones (excluding diaryl/α,β-unsaturated/α-hetero) is 1. The first-order valence-electron chi connectivity index (χ1n) is 15.1. The fraction of sp³-hybridized carbons (Fsp3) is 0.727. The minimum Gasteiger partial charge on any atom is -0.393 e. The van der Waals surface area contributed by atoms with E-state index in [4.69, 9.17) is 0 Å². The van der Waals surface area contributed by atoms with Crippen molar-refractivity contribution in [1.29, 1.82) is 0 Å². The number of allylic oxidation sites excluding steroid dienone is 2. The van der Waals surface area contributed by atoms with Crippen molar-refractivity contribution in [1.82, 2.24) is 4.90 Å². The van der Waals surface area contributed by atoms with Crippen LogP contribution >= 0.6 is 0 Å². The average Bonchev–Trinajstić information content (AvgIpc) is 3.12. The topological polar surface area (TPSA) is 60.8 Å². The Hall–Kier alpha value is -1.49. The van der Waals surface area contributed by atoms with Crippen molar-refractivity contribution in [2.45, 2.75) is 122 Å². The standard InChI is InChI=1S/C33H51NO3/c1-5-20-34(4)23-33(37)19-17-30-28-16-14-25(22-29(28)31(36)26-11-7-6-8-12-26)21-27(35)15-13-24(2)10-9-18-32(30,33)3/h10,14,16,22,26-27,30,35,37H,5-9,11-13,15,17-21,23H2,1-4H3/t27-,30-,32-,33+/m0/s1. The van der Waals surface area contributed by atoms with Gasteiger partial charge in [0.25, 0.3) is 0 Å². The van der Waals surface area contributed by atoms with E-state index in [0.29, 0.717) is 18.7 Å². The van der Waals surface area contributed by atoms with E-state index in [1.807, 2.05) is 0 Å². The van der Waals surface area contributed by atoms with Crippen LogP contribution in [-0.4, -0.2) is 52.7 Å². The lowest BCUT2D eigenvalue weighted by molar-refractivity contribution is -0.0799. The molecule has 37 heavy (non-hydrogen) atoms. The van der Waals surface area contributed by atoms with Gasteiger partial charge in [-0.25, -0.2) is 0 Å². The smallest absolute Gasteiger partial charge is 0.166 e. The quantitative estimate of drug-likeness (QED) is 0.326. The summed E-state index contributed by atoms with van der Waals surface area (Å²) in [6, 6.07) is 6.45. The predicted molar refractivity (Wildman–Crippen MR) is 152 cm³/mol. The number of rotatable bonds is 6. The molecule has 0 spiro atoms. The Labute approximate surface area is 225 Å². The van der Waals surface area contributed by atoms with Gasteiger partial charge in [-0.15, -0.1) is 0 Å². The van der Waals surface area contributed by atoms with Gasteiger partial charge in [-0.1, -0.05) is 56.9 Å². The Morgan fingerprint density at radius 2 is 1.86 bits per heavy atom. The molecule has 4 aliphatic carbocycles. The normalized spacial score (nSPS) is 31.7. The zero-order valence-corrected chi connectivity index (χ0v) is 23.9. The molecule has 1 aromatic carbocycles. The number of ketones is 1. The minimum absolute atomic E-state index is 0.111. The molecule has 5 rings (SSSR count). The number of fused-ring (bicyclic) bond motifs is 8. The van der Waals surface area contributed by atoms with Gasteiger partial charge in [0, 0.05) is 23.4 Å². The van der Waals surface area contributed by atoms with Crippen LogP contribution < -0.4 is 0 Å². The number of aliphatic hydroxyl groups excluding tert-OH is 1. The fourth-order valence-electron chi connectivity index (χ4n) is 7.71. The lowest BCUT2D eigenvalue weighted by atomic mass is 9.64. The molecule has 4 aliphatic rings. The highest BCUT2D eigenvalue weighted by molar-refractivity contribution is 5.99. The van der Waals surface area contributed by atoms with Crippen LogP contribution in [0.15, 0.2) is 29.8 Å². The van der Waals surface area contributed by atoms with E-state index < -0.39 is 11.7 Å². The van der Waals surface area contributed by atoms with E-state index in [1.165, 1.54) is 12.0 Å². The third-order valence-corrected chi connectivity index (χ3v) is 10.0. The molecule has 2 bridgehead atoms. The van der Waals surface area contributed by atoms with Gasteiger partial charge in [0.15, 0.2) is 5.78 Å². The number of nitrogens with zero attached hydrogens (tertiary/aromatic N) is 1. The molecule has 0 aliphatic heterocycles. The van der Waals surface area contributed by atoms with Crippen LogP contribution in [0.5, 0.6) is 0 Å². The molecule has 1 aromatic rings. The largest absolute Gasteiger partial charge is 0.393 e. The van der Waals surface area contributed by atoms with Gasteiger partial charge < -0.3 is 15.1 Å². The molecular weight excluding hydrogens is 458 g/mol. The van der Waals surface area contributed by atoms with Crippen LogP contribution in [0.25, 0.3) is 0 Å². The summed E-state index contributed by atoms with van der Waals surface area (Å²) in [5.41, 5.74) is 3.29. The highest BCUT2D eigenvalue weighted by Crippen LogP contribution is 2.58. The lowest BCUT2D eigenvalue weighted by Crippen LogP contribution is -2.52. The lowest BCUT2D eigenvalue weighted by Gasteiger charge is -2.45. The molecule has 4 atom stereocenters. The van der Waals surface area contributed by atoms with Crippen molar-refractivity contribution >= 4 is 5.78 Å². The molecule has 4 nitrogen and oxygen atoms in total. The molecule has 206 valence electrons. The van der Waals surface area contributed by atoms with Crippen molar-refractivity contribution in [3.63, 3.8) is 0 Å². The molecule has 0 aromatic heterocycles. The summed E-state index contributed by atoms with van der Waals surface area (Å²) in [7, 11) is 2.13. The second-order valence-corrected chi connectivity index (χ2v) is 12.9. The number of carbonyl (C=O) groups excluding carboxylic acids is 1. The van der Waals surface area contributed by atoms with Gasteiger partial charge in [-0.2, -0.15) is 0 Å². The van der Waals surface area contributed by atoms with Crippen molar-refractivity contribution in [2.75, 3.05) is 20.1 Å². The zero-order valence-electron chi connectivity index (χ0n) is 23.9. The molecule has 0 amide bonds. The molecule has 0 radical (unpaired) electrons. The van der Waals surface area contributed by atoms with Crippen molar-refractivity contribution in [3.05, 3.63) is 46.5 Å². The fourth-order valence-corrected chi connectivity index (χ4v) is 7.71. The first kappa shape index (κ1) is 28.5. The number of hydrogen-bond donors (Lipinski definition) is 2. The second kappa shape index (κ2) is 12.1. The monoisotopic (exact) mass is 509 g/mol. The van der Waals surface area contributed by atoms with E-state index in [2.05, 4.69) is 57.0 Å². The average molecular weight is 510 g/mol. The van der Waals surface area contributed by atoms with Gasteiger partial charge in [0.05, 0.1) is 11.7 Å². The van der Waals surface area contributed by atoms with E-state index >= 15 is 0 Å². The highest BCUT2D eigenvalue weighted by Gasteiger charge is 2.57. The highest BCUT2D eigenvalue weighted by atomic mass is 16.3. The van der Waals surface area contributed by atoms with Crippen LogP contribution in [0.3, 0.4) is 0 Å². The maximum absolute atomic E-state index is 14.0. The third kappa shape index (κ3) is 6.23. The zero-order chi connectivity index (χ0) is 26.6. The van der Waals surface area contributed by atoms with Crippen LogP contribution in [0.1, 0.15) is 125 Å². The second-order valence-electron chi connectivity index (χ2n) is 12.9. The summed E-state index contributed by atoms with van der Waals surface area (Å²) in [5.74, 6) is 0.555. The first-order chi connectivity index (χ1) is 17.7. The minimum atomic E-state index is -0.791. The SMILES string of the molecule is CCCN(C)C[C@]1(O)CC[C@H]2c3ccc(cc3C(=O)C3CCCCC3)C[C@@H](O)CCC(C)=CCC[C@@]21C. The first-order valence-corrected chi connectivity index (χ1v) is 15.1. The number of benzene rings is 1. The Kier molecular flexibility index (Phi) is 9.35. The molecular formula is C33H51NO3. The van der Waals surface area contributed by atoms with Gasteiger partial charge >= 0.3 is 0 Å². The molecule has 2 saturated carbocycles. The Bertz CT molecular complexity index is 964. The van der Waals surface area contributed by atoms with Crippen LogP contribution in [0, 0.1) is 11.3 Å². The van der Waals surface area contributed by atoms with Gasteiger partial charge in [-0.05, 0) is 108 Å². The van der Waals surface area contributed by atoms with E-state index in [0.717, 1.165) is 93.9 Å². The summed E-state index contributed by atoms with van der Waals surface area (Å²) in [5, 5.41) is 23.1. The van der Waals surface area contributed by atoms with Crippen molar-refractivity contribution in [2.24, 2.45) is 11.3 Å². The molecule has 2 fully saturated rings. The number of hydrogen-bond acceptors (Lipinski definition) is 4. The molecule has 0 saturated heterocycles. The number of carbonyl (C=O) groups is 1. The summed E-state index contributed by atoms with van der Waals surface area (Å²) in [4.78, 5) is 16.3. The van der Waals surface area contributed by atoms with Gasteiger partial charge in [0.1, 0.15) is 0 Å². The van der Waals surface area contributed by atoms with Gasteiger partial charge in [-0.3, -0.25) is 4.79 Å². The van der Waals surface area contributed by atoms with Crippen molar-refractivity contribution < 1.29 is 15.0 Å². The van der Waals surface area contributed by atoms with Crippen LogP contribution in [0.4, 0.5) is 0 Å². The summed E-state index contributed by atoms with van der Waals surface area (Å²) < 4.78 is 0. The Morgan fingerprint density at radius 3 is 2.59 bits per heavy atom. The van der Waals surface area contributed by atoms with Crippen molar-refractivity contribution in [3.8, 4) is 0 Å². The third-order valence-electron chi connectivity index (χ3n) is 10.0. The van der Waals surface area contributed by atoms with E-state index in [9.17, 15) is 15.0 Å². The number of likely N-dealkylation sites (N-methyl/N-ethyl adjacent to an activating group) is 1. The Balaban J connectivity index is 1.79. The van der Waals surface area contributed by atoms with Crippen LogP contribution in [0.2, 0.25) is 0 Å². The van der Waals surface area contributed by atoms with Gasteiger partial charge in [0.2, 0.25) is 0 Å². The Morgan fingerprint density at radius 1 is 1.11 bits per heavy atom. The van der Waals surface area contributed by atoms with Crippen LogP contribution in [-0.2, 0) is 6.42 Å². The maximum Gasteiger partial charge on any atom is 0.166 e. The number of aliphatic hydroxyl groups is 2. The summed E-state index contributed by atoms with van der Waals surface area (Å²) in [6.07, 6.45) is 14.2. The van der Waals surface area contributed by atoms with E-state index in [-0.39, 0.29) is 17.3 Å². The maximum atomic E-state index is 14.0.